The first kappa shape index (κ1) is 18.4. The van der Waals surface area contributed by atoms with E-state index in [1.165, 1.54) is 24.3 Å². The van der Waals surface area contributed by atoms with E-state index in [4.69, 9.17) is 0 Å². The van der Waals surface area contributed by atoms with Gasteiger partial charge in [0.2, 0.25) is 0 Å². The zero-order valence-electron chi connectivity index (χ0n) is 14.8. The molecule has 0 atom stereocenters. The molecule has 0 fully saturated rings. The van der Waals surface area contributed by atoms with E-state index in [2.05, 4.69) is 0 Å². The Balaban J connectivity index is 1.57. The van der Waals surface area contributed by atoms with E-state index in [-0.39, 0.29) is 28.9 Å². The molecule has 2 heterocycles. The van der Waals surface area contributed by atoms with Crippen LogP contribution in [0.2, 0.25) is 0 Å². The highest BCUT2D eigenvalue weighted by molar-refractivity contribution is 6.28. The first-order valence-electron chi connectivity index (χ1n) is 8.54. The van der Waals surface area contributed by atoms with E-state index in [1.54, 1.807) is 0 Å². The molecular formula is C21H12F2N2O4. The van der Waals surface area contributed by atoms with Crippen LogP contribution in [0.5, 0.6) is 0 Å². The van der Waals surface area contributed by atoms with Crippen molar-refractivity contribution >= 4 is 35.0 Å². The van der Waals surface area contributed by atoms with Crippen molar-refractivity contribution in [3.05, 3.63) is 83.5 Å². The van der Waals surface area contributed by atoms with Crippen LogP contribution in [-0.4, -0.2) is 23.6 Å². The van der Waals surface area contributed by atoms with Crippen LogP contribution < -0.4 is 9.80 Å². The van der Waals surface area contributed by atoms with Crippen molar-refractivity contribution in [2.75, 3.05) is 9.80 Å². The Labute approximate surface area is 163 Å². The summed E-state index contributed by atoms with van der Waals surface area (Å²) in [6.07, 6.45) is 4.28. The van der Waals surface area contributed by atoms with Crippen LogP contribution in [0.3, 0.4) is 0 Å². The minimum atomic E-state index is -0.701. The van der Waals surface area contributed by atoms with Gasteiger partial charge in [-0.25, -0.2) is 18.6 Å². The molecule has 2 aliphatic rings. The third-order valence-corrected chi connectivity index (χ3v) is 4.59. The largest absolute Gasteiger partial charge is 0.269 e. The van der Waals surface area contributed by atoms with Crippen LogP contribution in [0.15, 0.2) is 60.7 Å². The number of carbonyl (C=O) groups is 4. The van der Waals surface area contributed by atoms with Gasteiger partial charge in [-0.15, -0.1) is 0 Å². The average Bonchev–Trinajstić information content (AvgIpc) is 3.19. The van der Waals surface area contributed by atoms with Crippen LogP contribution in [0.4, 0.5) is 20.2 Å². The number of anilines is 2. The number of hydrogen-bond donors (Lipinski definition) is 0. The van der Waals surface area contributed by atoms with Gasteiger partial charge in [0.05, 0.1) is 11.4 Å². The fourth-order valence-electron chi connectivity index (χ4n) is 3.15. The van der Waals surface area contributed by atoms with Gasteiger partial charge in [0, 0.05) is 30.7 Å². The summed E-state index contributed by atoms with van der Waals surface area (Å²) in [5.41, 5.74) is 0.478. The molecule has 0 saturated carbocycles. The quantitative estimate of drug-likeness (QED) is 0.747. The molecule has 0 aliphatic carbocycles. The van der Waals surface area contributed by atoms with E-state index in [1.807, 2.05) is 0 Å². The lowest BCUT2D eigenvalue weighted by molar-refractivity contribution is -0.121. The molecule has 4 amide bonds. The third-order valence-electron chi connectivity index (χ3n) is 4.59. The number of amides is 4. The van der Waals surface area contributed by atoms with Gasteiger partial charge in [-0.1, -0.05) is 12.1 Å². The van der Waals surface area contributed by atoms with Crippen LogP contribution in [0.25, 0.3) is 0 Å². The molecule has 0 N–H and O–H groups in total. The van der Waals surface area contributed by atoms with Crippen molar-refractivity contribution in [3.8, 4) is 0 Å². The van der Waals surface area contributed by atoms with Gasteiger partial charge >= 0.3 is 0 Å². The van der Waals surface area contributed by atoms with Crippen molar-refractivity contribution in [1.29, 1.82) is 0 Å². The van der Waals surface area contributed by atoms with Crippen LogP contribution in [0.1, 0.15) is 11.1 Å². The van der Waals surface area contributed by atoms with Crippen molar-refractivity contribution < 1.29 is 28.0 Å². The number of hydrogen-bond acceptors (Lipinski definition) is 4. The molecule has 8 heteroatoms. The SMILES string of the molecule is O=C1C=CC(=O)N1c1ccc(Cc2ccc(N3C(=O)C=CC3=O)cc2F)c(F)c1. The molecule has 2 aliphatic heterocycles. The Morgan fingerprint density at radius 2 is 0.931 bits per heavy atom. The summed E-state index contributed by atoms with van der Waals surface area (Å²) < 4.78 is 29.0. The van der Waals surface area contributed by atoms with Crippen molar-refractivity contribution in [1.82, 2.24) is 0 Å². The average molecular weight is 394 g/mol. The van der Waals surface area contributed by atoms with Gasteiger partial charge in [0.15, 0.2) is 0 Å². The number of imide groups is 2. The maximum absolute atomic E-state index is 14.5. The lowest BCUT2D eigenvalue weighted by atomic mass is 10.0. The molecule has 4 rings (SSSR count). The van der Waals surface area contributed by atoms with E-state index in [0.717, 1.165) is 46.2 Å². The van der Waals surface area contributed by atoms with Crippen molar-refractivity contribution in [2.45, 2.75) is 6.42 Å². The lowest BCUT2D eigenvalue weighted by Crippen LogP contribution is -2.29. The summed E-state index contributed by atoms with van der Waals surface area (Å²) in [6, 6.07) is 7.62. The summed E-state index contributed by atoms with van der Waals surface area (Å²) in [6.45, 7) is 0. The third kappa shape index (κ3) is 3.25. The van der Waals surface area contributed by atoms with Crippen LogP contribution in [-0.2, 0) is 25.6 Å². The summed E-state index contributed by atoms with van der Waals surface area (Å²) >= 11 is 0. The molecule has 0 spiro atoms. The molecule has 0 unspecified atom stereocenters. The topological polar surface area (TPSA) is 74.8 Å². The molecule has 2 aromatic rings. The summed E-state index contributed by atoms with van der Waals surface area (Å²) in [4.78, 5) is 48.4. The Kier molecular flexibility index (Phi) is 4.38. The highest BCUT2D eigenvalue weighted by Gasteiger charge is 2.27. The predicted octanol–water partition coefficient (Wildman–Crippen LogP) is 2.41. The van der Waals surface area contributed by atoms with Gasteiger partial charge < -0.3 is 0 Å². The fourth-order valence-corrected chi connectivity index (χ4v) is 3.15. The molecule has 0 aromatic heterocycles. The second-order valence-electron chi connectivity index (χ2n) is 6.42. The zero-order valence-corrected chi connectivity index (χ0v) is 14.8. The predicted molar refractivity (Wildman–Crippen MR) is 98.9 cm³/mol. The first-order valence-corrected chi connectivity index (χ1v) is 8.54. The van der Waals surface area contributed by atoms with E-state index in [9.17, 15) is 28.0 Å². The second-order valence-corrected chi connectivity index (χ2v) is 6.42. The summed E-state index contributed by atoms with van der Waals surface area (Å²) in [5.74, 6) is -3.66. The van der Waals surface area contributed by atoms with Gasteiger partial charge in [0.25, 0.3) is 23.6 Å². The Bertz CT molecular complexity index is 1030. The number of rotatable bonds is 4. The van der Waals surface area contributed by atoms with Gasteiger partial charge in [-0.05, 0) is 35.4 Å². The molecule has 2 aromatic carbocycles. The smallest absolute Gasteiger partial charge is 0.258 e. The van der Waals surface area contributed by atoms with E-state index < -0.39 is 35.3 Å². The Morgan fingerprint density at radius 1 is 0.586 bits per heavy atom. The Morgan fingerprint density at radius 3 is 1.24 bits per heavy atom. The maximum atomic E-state index is 14.5. The maximum Gasteiger partial charge on any atom is 0.258 e. The molecule has 144 valence electrons. The summed E-state index contributed by atoms with van der Waals surface area (Å²) in [5, 5.41) is 0. The molecule has 0 radical (unpaired) electrons. The highest BCUT2D eigenvalue weighted by atomic mass is 19.1. The normalized spacial score (nSPS) is 15.9. The second kappa shape index (κ2) is 6.90. The van der Waals surface area contributed by atoms with Crippen molar-refractivity contribution in [2.24, 2.45) is 0 Å². The van der Waals surface area contributed by atoms with Gasteiger partial charge in [-0.3, -0.25) is 19.2 Å². The number of carbonyl (C=O) groups excluding carboxylic acids is 4. The highest BCUT2D eigenvalue weighted by Crippen LogP contribution is 2.26. The lowest BCUT2D eigenvalue weighted by Gasteiger charge is -2.16. The minimum absolute atomic E-state index is 0.0839. The molecule has 29 heavy (non-hydrogen) atoms. The molecule has 6 nitrogen and oxygen atoms in total. The summed E-state index contributed by atoms with van der Waals surface area (Å²) in [7, 11) is 0. The van der Waals surface area contributed by atoms with Crippen LogP contribution >= 0.6 is 0 Å². The van der Waals surface area contributed by atoms with Gasteiger partial charge in [-0.2, -0.15) is 0 Å². The van der Waals surface area contributed by atoms with E-state index in [0.29, 0.717) is 0 Å². The molecule has 0 bridgehead atoms. The zero-order chi connectivity index (χ0) is 20.7. The van der Waals surface area contributed by atoms with Crippen molar-refractivity contribution in [3.63, 3.8) is 0 Å². The first-order chi connectivity index (χ1) is 13.8. The number of halogens is 2. The molecule has 0 saturated heterocycles. The number of nitrogens with zero attached hydrogens (tertiary/aromatic N) is 2. The van der Waals surface area contributed by atoms with Gasteiger partial charge in [0.1, 0.15) is 11.6 Å². The fraction of sp³-hybridized carbons (Fsp3) is 0.0476. The number of benzene rings is 2. The standard InChI is InChI=1S/C21H12F2N2O4/c22-16-10-14(24-18(26)5-6-19(24)27)3-1-12(16)9-13-2-4-15(11-17(13)23)25-20(28)7-8-21(25)29/h1-8,10-11H,9H2. The monoisotopic (exact) mass is 394 g/mol. The molecular weight excluding hydrogens is 382 g/mol. The van der Waals surface area contributed by atoms with Crippen LogP contribution in [0, 0.1) is 11.6 Å². The van der Waals surface area contributed by atoms with E-state index >= 15 is 0 Å². The Hall–Kier alpha value is -3.94. The minimum Gasteiger partial charge on any atom is -0.269 e.